The summed E-state index contributed by atoms with van der Waals surface area (Å²) in [6.07, 6.45) is 1.76. The van der Waals surface area contributed by atoms with Crippen molar-refractivity contribution in [2.75, 3.05) is 14.2 Å². The van der Waals surface area contributed by atoms with E-state index in [2.05, 4.69) is 31.6 Å². The van der Waals surface area contributed by atoms with Crippen LogP contribution >= 0.6 is 15.9 Å². The van der Waals surface area contributed by atoms with Crippen molar-refractivity contribution in [3.8, 4) is 11.5 Å². The third-order valence-electron chi connectivity index (χ3n) is 4.25. The topological polar surface area (TPSA) is 77.7 Å². The Morgan fingerprint density at radius 1 is 1.14 bits per heavy atom. The number of aromatic nitrogens is 2. The van der Waals surface area contributed by atoms with Crippen molar-refractivity contribution in [2.45, 2.75) is 13.5 Å². The van der Waals surface area contributed by atoms with E-state index in [1.165, 1.54) is 0 Å². The van der Waals surface area contributed by atoms with Gasteiger partial charge in [0.2, 0.25) is 0 Å². The smallest absolute Gasteiger partial charge is 0.291 e. The predicted octanol–water partition coefficient (Wildman–Crippen LogP) is 3.87. The largest absolute Gasteiger partial charge is 0.497 e. The number of methoxy groups -OCH3 is 2. The van der Waals surface area contributed by atoms with E-state index in [4.69, 9.17) is 9.47 Å². The van der Waals surface area contributed by atoms with Gasteiger partial charge >= 0.3 is 0 Å². The number of halogens is 1. The molecule has 0 saturated carbocycles. The van der Waals surface area contributed by atoms with Crippen molar-refractivity contribution in [1.82, 2.24) is 15.2 Å². The van der Waals surface area contributed by atoms with Crippen molar-refractivity contribution in [1.29, 1.82) is 0 Å². The highest BCUT2D eigenvalue weighted by Crippen LogP contribution is 2.25. The number of benzene rings is 2. The maximum atomic E-state index is 12.4. The fraction of sp³-hybridized carbons (Fsp3) is 0.190. The molecule has 0 spiro atoms. The van der Waals surface area contributed by atoms with Crippen molar-refractivity contribution in [2.24, 2.45) is 5.10 Å². The van der Waals surface area contributed by atoms with Crippen LogP contribution in [0.2, 0.25) is 0 Å². The van der Waals surface area contributed by atoms with Gasteiger partial charge in [-0.2, -0.15) is 10.2 Å². The Morgan fingerprint density at radius 2 is 1.90 bits per heavy atom. The molecule has 1 N–H and O–H groups in total. The number of rotatable bonds is 7. The first-order valence-electron chi connectivity index (χ1n) is 8.85. The average Bonchev–Trinajstić information content (AvgIpc) is 3.21. The molecule has 0 radical (unpaired) electrons. The minimum atomic E-state index is -0.383. The quantitative estimate of drug-likeness (QED) is 0.432. The molecule has 2 aromatic carbocycles. The summed E-state index contributed by atoms with van der Waals surface area (Å²) in [5, 5.41) is 8.50. The second kappa shape index (κ2) is 9.38. The zero-order valence-electron chi connectivity index (χ0n) is 16.3. The lowest BCUT2D eigenvalue weighted by Crippen LogP contribution is -2.20. The van der Waals surface area contributed by atoms with Gasteiger partial charge in [-0.3, -0.25) is 9.48 Å². The highest BCUT2D eigenvalue weighted by atomic mass is 79.9. The number of nitrogens with zero attached hydrogens (tertiary/aromatic N) is 3. The average molecular weight is 457 g/mol. The van der Waals surface area contributed by atoms with E-state index in [1.807, 2.05) is 36.4 Å². The molecular formula is C21H21BrN4O3. The molecule has 0 atom stereocenters. The van der Waals surface area contributed by atoms with Gasteiger partial charge in [-0.15, -0.1) is 0 Å². The van der Waals surface area contributed by atoms with Gasteiger partial charge in [-0.05, 0) is 42.8 Å². The molecule has 7 nitrogen and oxygen atoms in total. The molecule has 1 amide bonds. The lowest BCUT2D eigenvalue weighted by Gasteiger charge is -2.10. The maximum Gasteiger partial charge on any atom is 0.291 e. The Balaban J connectivity index is 1.67. The molecule has 150 valence electrons. The molecule has 0 bridgehead atoms. The van der Waals surface area contributed by atoms with Crippen LogP contribution in [0.1, 0.15) is 28.5 Å². The van der Waals surface area contributed by atoms with Crippen LogP contribution in [-0.4, -0.2) is 35.6 Å². The first kappa shape index (κ1) is 20.6. The Bertz CT molecular complexity index is 1030. The minimum Gasteiger partial charge on any atom is -0.497 e. The summed E-state index contributed by atoms with van der Waals surface area (Å²) in [5.41, 5.74) is 5.28. The van der Waals surface area contributed by atoms with E-state index in [9.17, 15) is 4.79 Å². The van der Waals surface area contributed by atoms with Gasteiger partial charge in [0.1, 0.15) is 11.5 Å². The van der Waals surface area contributed by atoms with Gasteiger partial charge in [0.15, 0.2) is 5.69 Å². The van der Waals surface area contributed by atoms with Crippen molar-refractivity contribution in [3.63, 3.8) is 0 Å². The molecule has 29 heavy (non-hydrogen) atoms. The highest BCUT2D eigenvalue weighted by Gasteiger charge is 2.11. The highest BCUT2D eigenvalue weighted by molar-refractivity contribution is 9.10. The lowest BCUT2D eigenvalue weighted by molar-refractivity contribution is 0.0949. The third kappa shape index (κ3) is 5.23. The van der Waals surface area contributed by atoms with Crippen LogP contribution < -0.4 is 14.9 Å². The maximum absolute atomic E-state index is 12.4. The zero-order valence-corrected chi connectivity index (χ0v) is 17.9. The molecule has 0 unspecified atom stereocenters. The predicted molar refractivity (Wildman–Crippen MR) is 115 cm³/mol. The Labute approximate surface area is 177 Å². The van der Waals surface area contributed by atoms with Crippen LogP contribution in [0.15, 0.2) is 64.3 Å². The van der Waals surface area contributed by atoms with Crippen LogP contribution in [-0.2, 0) is 6.54 Å². The van der Waals surface area contributed by atoms with E-state index in [1.54, 1.807) is 44.2 Å². The van der Waals surface area contributed by atoms with Crippen LogP contribution in [0.25, 0.3) is 0 Å². The van der Waals surface area contributed by atoms with E-state index in [0.717, 1.165) is 15.6 Å². The summed E-state index contributed by atoms with van der Waals surface area (Å²) >= 11 is 3.41. The third-order valence-corrected chi connectivity index (χ3v) is 4.78. The number of nitrogens with one attached hydrogen (secondary N) is 1. The van der Waals surface area contributed by atoms with Crippen LogP contribution in [0, 0.1) is 0 Å². The molecular weight excluding hydrogens is 436 g/mol. The number of hydrogen-bond donors (Lipinski definition) is 1. The van der Waals surface area contributed by atoms with Crippen molar-refractivity contribution in [3.05, 3.63) is 76.0 Å². The summed E-state index contributed by atoms with van der Waals surface area (Å²) in [6.45, 7) is 2.36. The lowest BCUT2D eigenvalue weighted by atomic mass is 10.1. The van der Waals surface area contributed by atoms with Gasteiger partial charge in [-0.25, -0.2) is 5.43 Å². The Kier molecular flexibility index (Phi) is 6.66. The summed E-state index contributed by atoms with van der Waals surface area (Å²) in [6, 6.07) is 15.0. The Morgan fingerprint density at radius 3 is 2.59 bits per heavy atom. The monoisotopic (exact) mass is 456 g/mol. The molecule has 1 aromatic heterocycles. The number of carbonyl (C=O) groups excluding carboxylic acids is 1. The molecule has 1 heterocycles. The standard InChI is InChI=1S/C21H21BrN4O3/c1-14(18-9-8-17(28-2)12-20(18)29-3)23-24-21(27)19-10-11-26(25-19)13-15-4-6-16(22)7-5-15/h4-12H,13H2,1-3H3,(H,24,27)/b23-14-. The normalized spacial score (nSPS) is 11.2. The number of carbonyl (C=O) groups is 1. The van der Waals surface area contributed by atoms with E-state index < -0.39 is 0 Å². The number of hydrogen-bond acceptors (Lipinski definition) is 5. The molecule has 0 aliphatic rings. The van der Waals surface area contributed by atoms with Crippen molar-refractivity contribution >= 4 is 27.5 Å². The number of hydrazone groups is 1. The first-order valence-corrected chi connectivity index (χ1v) is 9.64. The van der Waals surface area contributed by atoms with Gasteiger partial charge in [0.05, 0.1) is 26.5 Å². The molecule has 0 saturated heterocycles. The summed E-state index contributed by atoms with van der Waals surface area (Å²) < 4.78 is 13.3. The Hall–Kier alpha value is -3.13. The molecule has 8 heteroatoms. The molecule has 0 aliphatic heterocycles. The SMILES string of the molecule is COc1ccc(/C(C)=N\NC(=O)c2ccn(Cc3ccc(Br)cc3)n2)c(OC)c1. The van der Waals surface area contributed by atoms with Crippen LogP contribution in [0.4, 0.5) is 0 Å². The van der Waals surface area contributed by atoms with Gasteiger partial charge < -0.3 is 9.47 Å². The van der Waals surface area contributed by atoms with Crippen molar-refractivity contribution < 1.29 is 14.3 Å². The van der Waals surface area contributed by atoms with E-state index in [-0.39, 0.29) is 5.91 Å². The fourth-order valence-electron chi connectivity index (χ4n) is 2.70. The van der Waals surface area contributed by atoms with E-state index in [0.29, 0.717) is 29.4 Å². The van der Waals surface area contributed by atoms with Crippen LogP contribution in [0.5, 0.6) is 11.5 Å². The van der Waals surface area contributed by atoms with E-state index >= 15 is 0 Å². The summed E-state index contributed by atoms with van der Waals surface area (Å²) in [4.78, 5) is 12.4. The van der Waals surface area contributed by atoms with Crippen LogP contribution in [0.3, 0.4) is 0 Å². The molecule has 0 fully saturated rings. The first-order chi connectivity index (χ1) is 14.0. The van der Waals surface area contributed by atoms with Gasteiger partial charge in [0.25, 0.3) is 5.91 Å². The summed E-state index contributed by atoms with van der Waals surface area (Å²) in [5.74, 6) is 0.906. The molecule has 3 aromatic rings. The van der Waals surface area contributed by atoms with Gasteiger partial charge in [0, 0.05) is 22.3 Å². The zero-order chi connectivity index (χ0) is 20.8. The second-order valence-electron chi connectivity index (χ2n) is 6.23. The molecule has 0 aliphatic carbocycles. The fourth-order valence-corrected chi connectivity index (χ4v) is 2.96. The number of ether oxygens (including phenoxy) is 2. The molecule has 3 rings (SSSR count). The minimum absolute atomic E-state index is 0.292. The summed E-state index contributed by atoms with van der Waals surface area (Å²) in [7, 11) is 3.16. The van der Waals surface area contributed by atoms with Gasteiger partial charge in [-0.1, -0.05) is 28.1 Å². The second-order valence-corrected chi connectivity index (χ2v) is 7.15. The number of amides is 1.